The second kappa shape index (κ2) is 6.05. The zero-order valence-corrected chi connectivity index (χ0v) is 13.3. The fourth-order valence-electron chi connectivity index (χ4n) is 2.90. The Morgan fingerprint density at radius 2 is 1.96 bits per heavy atom. The lowest BCUT2D eigenvalue weighted by molar-refractivity contribution is 0.194. The van der Waals surface area contributed by atoms with Crippen molar-refractivity contribution in [1.82, 2.24) is 14.8 Å². The first-order valence-electron chi connectivity index (χ1n) is 7.89. The molecule has 3 aromatic rings. The van der Waals surface area contributed by atoms with Crippen LogP contribution in [0.15, 0.2) is 51.8 Å². The van der Waals surface area contributed by atoms with Gasteiger partial charge >= 0.3 is 0 Å². The van der Waals surface area contributed by atoms with E-state index in [1.54, 1.807) is 19.3 Å². The fourth-order valence-corrected chi connectivity index (χ4v) is 2.90. The summed E-state index contributed by atoms with van der Waals surface area (Å²) in [5.41, 5.74) is 2.76. The maximum absolute atomic E-state index is 11.5. The lowest BCUT2D eigenvalue weighted by Crippen LogP contribution is -2.13. The van der Waals surface area contributed by atoms with Gasteiger partial charge in [-0.05, 0) is 30.2 Å². The van der Waals surface area contributed by atoms with Gasteiger partial charge in [0.15, 0.2) is 0 Å². The number of ether oxygens (including phenoxy) is 1. The zero-order valence-electron chi connectivity index (χ0n) is 13.3. The highest BCUT2D eigenvalue weighted by Crippen LogP contribution is 2.29. The molecule has 6 heteroatoms. The molecule has 1 atom stereocenters. The molecule has 6 nitrogen and oxygen atoms in total. The average molecular weight is 323 g/mol. The van der Waals surface area contributed by atoms with Crippen molar-refractivity contribution in [1.29, 1.82) is 0 Å². The van der Waals surface area contributed by atoms with Gasteiger partial charge in [-0.25, -0.2) is 0 Å². The number of hydrogen-bond acceptors (Lipinski definition) is 5. The van der Waals surface area contributed by atoms with E-state index in [9.17, 15) is 4.79 Å². The third kappa shape index (κ3) is 2.76. The van der Waals surface area contributed by atoms with E-state index in [0.29, 0.717) is 17.7 Å². The van der Waals surface area contributed by atoms with E-state index >= 15 is 0 Å². The monoisotopic (exact) mass is 323 g/mol. The number of hydrogen-bond donors (Lipinski definition) is 0. The highest BCUT2D eigenvalue weighted by Gasteiger charge is 2.19. The molecule has 0 aliphatic carbocycles. The van der Waals surface area contributed by atoms with E-state index in [4.69, 9.17) is 9.15 Å². The van der Waals surface area contributed by atoms with Gasteiger partial charge in [0.2, 0.25) is 17.3 Å². The molecule has 122 valence electrons. The molecule has 0 saturated carbocycles. The van der Waals surface area contributed by atoms with Crippen LogP contribution in [0.25, 0.3) is 22.9 Å². The molecule has 3 heterocycles. The molecule has 1 aliphatic rings. The van der Waals surface area contributed by atoms with Crippen LogP contribution in [0.2, 0.25) is 0 Å². The Labute approximate surface area is 138 Å². The molecule has 1 aliphatic heterocycles. The highest BCUT2D eigenvalue weighted by atomic mass is 16.5. The quantitative estimate of drug-likeness (QED) is 0.741. The Bertz CT molecular complexity index is 923. The van der Waals surface area contributed by atoms with Gasteiger partial charge in [-0.3, -0.25) is 4.79 Å². The number of aryl methyl sites for hydroxylation is 1. The smallest absolute Gasteiger partial charge is 0.250 e. The lowest BCUT2D eigenvalue weighted by atomic mass is 9.97. The first-order valence-corrected chi connectivity index (χ1v) is 7.89. The molecular weight excluding hydrogens is 306 g/mol. The average Bonchev–Trinajstić information content (AvgIpc) is 3.29. The van der Waals surface area contributed by atoms with E-state index in [1.807, 2.05) is 12.1 Å². The van der Waals surface area contributed by atoms with Crippen LogP contribution >= 0.6 is 0 Å². The Balaban J connectivity index is 1.66. The second-order valence-corrected chi connectivity index (χ2v) is 5.97. The zero-order chi connectivity index (χ0) is 16.5. The van der Waals surface area contributed by atoms with E-state index in [0.717, 1.165) is 30.8 Å². The number of rotatable bonds is 3. The Morgan fingerprint density at radius 3 is 2.71 bits per heavy atom. The van der Waals surface area contributed by atoms with Crippen molar-refractivity contribution in [3.8, 4) is 22.9 Å². The molecular formula is C18H17N3O3. The third-order valence-electron chi connectivity index (χ3n) is 4.29. The maximum Gasteiger partial charge on any atom is 0.250 e. The first-order chi connectivity index (χ1) is 11.7. The molecule has 0 bridgehead atoms. The van der Waals surface area contributed by atoms with Gasteiger partial charge in [0, 0.05) is 37.4 Å². The molecule has 1 unspecified atom stereocenters. The van der Waals surface area contributed by atoms with Crippen LogP contribution in [0.3, 0.4) is 0 Å². The van der Waals surface area contributed by atoms with Crippen molar-refractivity contribution in [3.05, 3.63) is 58.5 Å². The van der Waals surface area contributed by atoms with Crippen LogP contribution in [0.4, 0.5) is 0 Å². The van der Waals surface area contributed by atoms with Gasteiger partial charge in [0.05, 0.1) is 12.2 Å². The highest BCUT2D eigenvalue weighted by molar-refractivity contribution is 5.58. The topological polar surface area (TPSA) is 70.2 Å². The third-order valence-corrected chi connectivity index (χ3v) is 4.29. The summed E-state index contributed by atoms with van der Waals surface area (Å²) in [5, 5.41) is 8.25. The van der Waals surface area contributed by atoms with Crippen molar-refractivity contribution < 1.29 is 9.15 Å². The molecule has 1 fully saturated rings. The lowest BCUT2D eigenvalue weighted by Gasteiger charge is -2.08. The van der Waals surface area contributed by atoms with Gasteiger partial charge in [0.1, 0.15) is 0 Å². The Kier molecular flexibility index (Phi) is 3.74. The van der Waals surface area contributed by atoms with Gasteiger partial charge in [-0.2, -0.15) is 0 Å². The van der Waals surface area contributed by atoms with Crippen LogP contribution in [0.1, 0.15) is 17.9 Å². The van der Waals surface area contributed by atoms with Crippen LogP contribution in [0, 0.1) is 0 Å². The van der Waals surface area contributed by atoms with Crippen molar-refractivity contribution in [2.24, 2.45) is 7.05 Å². The van der Waals surface area contributed by atoms with Crippen molar-refractivity contribution in [2.45, 2.75) is 12.3 Å². The predicted octanol–water partition coefficient (Wildman–Crippen LogP) is 2.61. The largest absolute Gasteiger partial charge is 0.416 e. The summed E-state index contributed by atoms with van der Waals surface area (Å²) in [4.78, 5) is 11.5. The maximum atomic E-state index is 11.5. The van der Waals surface area contributed by atoms with E-state index in [2.05, 4.69) is 22.3 Å². The first kappa shape index (κ1) is 14.8. The van der Waals surface area contributed by atoms with Gasteiger partial charge in [0.25, 0.3) is 0 Å². The van der Waals surface area contributed by atoms with Crippen LogP contribution in [-0.4, -0.2) is 28.0 Å². The molecule has 1 saturated heterocycles. The molecule has 0 amide bonds. The van der Waals surface area contributed by atoms with Crippen LogP contribution in [-0.2, 0) is 11.8 Å². The molecule has 1 aromatic carbocycles. The normalized spacial score (nSPS) is 17.3. The van der Waals surface area contributed by atoms with E-state index in [-0.39, 0.29) is 5.56 Å². The van der Waals surface area contributed by atoms with E-state index in [1.165, 1.54) is 16.2 Å². The summed E-state index contributed by atoms with van der Waals surface area (Å²) in [6, 6.07) is 11.3. The van der Waals surface area contributed by atoms with Gasteiger partial charge < -0.3 is 13.7 Å². The number of benzene rings is 1. The summed E-state index contributed by atoms with van der Waals surface area (Å²) in [6.45, 7) is 1.57. The SMILES string of the molecule is Cn1cc(-c2nnc(-c3cccc(C4CCOC4)c3)o2)ccc1=O. The Morgan fingerprint density at radius 1 is 1.12 bits per heavy atom. The van der Waals surface area contributed by atoms with Gasteiger partial charge in [-0.15, -0.1) is 10.2 Å². The van der Waals surface area contributed by atoms with Crippen LogP contribution < -0.4 is 5.56 Å². The Hall–Kier alpha value is -2.73. The molecule has 24 heavy (non-hydrogen) atoms. The number of nitrogens with zero attached hydrogens (tertiary/aromatic N) is 3. The molecule has 0 radical (unpaired) electrons. The molecule has 0 N–H and O–H groups in total. The van der Waals surface area contributed by atoms with Crippen LogP contribution in [0.5, 0.6) is 0 Å². The minimum absolute atomic E-state index is 0.0787. The standard InChI is InChI=1S/C18H17N3O3/c1-21-10-14(5-6-16(21)22)18-20-19-17(24-18)13-4-2-3-12(9-13)15-7-8-23-11-15/h2-6,9-10,15H,7-8,11H2,1H3. The summed E-state index contributed by atoms with van der Waals surface area (Å²) in [5.74, 6) is 1.30. The molecule has 4 rings (SSSR count). The number of pyridine rings is 1. The van der Waals surface area contributed by atoms with Crippen molar-refractivity contribution >= 4 is 0 Å². The van der Waals surface area contributed by atoms with Crippen molar-refractivity contribution in [3.63, 3.8) is 0 Å². The fraction of sp³-hybridized carbons (Fsp3) is 0.278. The van der Waals surface area contributed by atoms with E-state index < -0.39 is 0 Å². The second-order valence-electron chi connectivity index (χ2n) is 5.97. The minimum Gasteiger partial charge on any atom is -0.416 e. The summed E-state index contributed by atoms with van der Waals surface area (Å²) < 4.78 is 12.7. The number of aromatic nitrogens is 3. The summed E-state index contributed by atoms with van der Waals surface area (Å²) in [6.07, 6.45) is 2.72. The summed E-state index contributed by atoms with van der Waals surface area (Å²) >= 11 is 0. The summed E-state index contributed by atoms with van der Waals surface area (Å²) in [7, 11) is 1.69. The minimum atomic E-state index is -0.0787. The predicted molar refractivity (Wildman–Crippen MR) is 88.6 cm³/mol. The molecule has 2 aromatic heterocycles. The van der Waals surface area contributed by atoms with Crippen molar-refractivity contribution in [2.75, 3.05) is 13.2 Å². The van der Waals surface area contributed by atoms with Gasteiger partial charge in [-0.1, -0.05) is 12.1 Å². The molecule has 0 spiro atoms.